The van der Waals surface area contributed by atoms with Gasteiger partial charge in [0, 0.05) is 23.0 Å². The molecule has 7 heteroatoms. The fraction of sp³-hybridized carbons (Fsp3) is 0.0435. The highest BCUT2D eigenvalue weighted by Crippen LogP contribution is 2.37. The topological polar surface area (TPSA) is 64.5 Å². The van der Waals surface area contributed by atoms with Crippen LogP contribution in [0.4, 0.5) is 27.1 Å². The van der Waals surface area contributed by atoms with Crippen molar-refractivity contribution in [2.45, 2.75) is 6.61 Å². The number of fused-ring (bicyclic) bond motifs is 1. The molecule has 0 fully saturated rings. The Labute approximate surface area is 177 Å². The van der Waals surface area contributed by atoms with E-state index in [0.29, 0.717) is 39.1 Å². The molecule has 30 heavy (non-hydrogen) atoms. The van der Waals surface area contributed by atoms with Gasteiger partial charge in [-0.15, -0.1) is 0 Å². The molecule has 4 aromatic rings. The number of aromatic nitrogens is 1. The number of nitrogens with two attached hydrogens (primary N) is 1. The number of nitrogens with zero attached hydrogens (tertiary/aromatic N) is 2. The molecule has 4 rings (SSSR count). The molecule has 1 heterocycles. The van der Waals surface area contributed by atoms with Crippen molar-refractivity contribution in [3.63, 3.8) is 0 Å². The summed E-state index contributed by atoms with van der Waals surface area (Å²) in [4.78, 5) is 7.86. The first-order valence-corrected chi connectivity index (χ1v) is 9.41. The van der Waals surface area contributed by atoms with Gasteiger partial charge in [-0.1, -0.05) is 23.7 Å². The van der Waals surface area contributed by atoms with E-state index in [9.17, 15) is 4.39 Å². The van der Waals surface area contributed by atoms with Crippen LogP contribution in [0.2, 0.25) is 5.02 Å². The van der Waals surface area contributed by atoms with Gasteiger partial charge in [0.1, 0.15) is 18.2 Å². The Hall–Kier alpha value is -3.82. The van der Waals surface area contributed by atoms with Crippen molar-refractivity contribution >= 4 is 45.3 Å². The Bertz CT molecular complexity index is 1290. The molecule has 0 saturated carbocycles. The second kappa shape index (κ2) is 8.27. The summed E-state index contributed by atoms with van der Waals surface area (Å²) in [6.07, 6.45) is 1.52. The highest BCUT2D eigenvalue weighted by atomic mass is 35.5. The maximum absolute atomic E-state index is 13.3. The quantitative estimate of drug-likeness (QED) is 0.287. The second-order valence-electron chi connectivity index (χ2n) is 6.60. The molecular formula is C23H16ClFN4O. The molecule has 0 amide bonds. The predicted octanol–water partition coefficient (Wildman–Crippen LogP) is 6.48. The lowest BCUT2D eigenvalue weighted by atomic mass is 10.1. The standard InChI is InChI=1S/C23H16ClFN4O/c1-27-21-12-28-20-7-5-16(26)10-18(20)23(21)29-17-6-8-22(19(24)11-17)30-13-14-3-2-4-15(25)9-14/h2-12H,13,26H2,(H,28,29). The number of anilines is 3. The molecule has 0 spiro atoms. The van der Waals surface area contributed by atoms with Gasteiger partial charge in [-0.25, -0.2) is 9.24 Å². The minimum Gasteiger partial charge on any atom is -0.487 e. The Balaban J connectivity index is 1.60. The molecule has 0 aliphatic heterocycles. The van der Waals surface area contributed by atoms with Gasteiger partial charge in [-0.05, 0) is 54.1 Å². The van der Waals surface area contributed by atoms with Crippen molar-refractivity contribution in [2.24, 2.45) is 0 Å². The fourth-order valence-electron chi connectivity index (χ4n) is 3.04. The molecule has 0 unspecified atom stereocenters. The number of rotatable bonds is 5. The van der Waals surface area contributed by atoms with Crippen molar-refractivity contribution in [1.29, 1.82) is 0 Å². The maximum Gasteiger partial charge on any atom is 0.228 e. The number of hydrogen-bond donors (Lipinski definition) is 2. The lowest BCUT2D eigenvalue weighted by molar-refractivity contribution is 0.306. The number of ether oxygens (including phenoxy) is 1. The zero-order valence-electron chi connectivity index (χ0n) is 15.7. The van der Waals surface area contributed by atoms with E-state index >= 15 is 0 Å². The summed E-state index contributed by atoms with van der Waals surface area (Å²) in [7, 11) is 0. The third-order valence-corrected chi connectivity index (χ3v) is 4.77. The molecule has 0 saturated heterocycles. The minimum absolute atomic E-state index is 0.195. The van der Waals surface area contributed by atoms with E-state index in [-0.39, 0.29) is 12.4 Å². The van der Waals surface area contributed by atoms with E-state index < -0.39 is 0 Å². The average molecular weight is 419 g/mol. The number of halogens is 2. The minimum atomic E-state index is -0.317. The summed E-state index contributed by atoms with van der Waals surface area (Å²) in [5.74, 6) is 0.156. The Morgan fingerprint density at radius 1 is 1.13 bits per heavy atom. The van der Waals surface area contributed by atoms with E-state index in [0.717, 1.165) is 10.9 Å². The fourth-order valence-corrected chi connectivity index (χ4v) is 3.28. The molecule has 0 aliphatic rings. The molecule has 148 valence electrons. The van der Waals surface area contributed by atoms with Crippen molar-refractivity contribution in [1.82, 2.24) is 4.98 Å². The number of nitrogen functional groups attached to an aromatic ring is 1. The van der Waals surface area contributed by atoms with Gasteiger partial charge < -0.3 is 15.8 Å². The third-order valence-electron chi connectivity index (χ3n) is 4.48. The van der Waals surface area contributed by atoms with Gasteiger partial charge in [0.25, 0.3) is 0 Å². The first kappa shape index (κ1) is 19.5. The highest BCUT2D eigenvalue weighted by molar-refractivity contribution is 6.32. The van der Waals surface area contributed by atoms with Crippen LogP contribution in [0.15, 0.2) is 66.9 Å². The van der Waals surface area contributed by atoms with E-state index in [2.05, 4.69) is 15.1 Å². The van der Waals surface area contributed by atoms with Gasteiger partial charge in [-0.3, -0.25) is 4.98 Å². The molecule has 1 aromatic heterocycles. The van der Waals surface area contributed by atoms with E-state index in [1.54, 1.807) is 48.5 Å². The van der Waals surface area contributed by atoms with Gasteiger partial charge in [0.15, 0.2) is 0 Å². The van der Waals surface area contributed by atoms with Crippen molar-refractivity contribution < 1.29 is 9.13 Å². The highest BCUT2D eigenvalue weighted by Gasteiger charge is 2.11. The van der Waals surface area contributed by atoms with Crippen LogP contribution in [0, 0.1) is 12.4 Å². The first-order valence-electron chi connectivity index (χ1n) is 9.03. The molecule has 3 aromatic carbocycles. The molecule has 0 aliphatic carbocycles. The largest absolute Gasteiger partial charge is 0.487 e. The lowest BCUT2D eigenvalue weighted by Gasteiger charge is -2.14. The molecule has 0 bridgehead atoms. The molecule has 0 radical (unpaired) electrons. The van der Waals surface area contributed by atoms with Crippen LogP contribution < -0.4 is 15.8 Å². The van der Waals surface area contributed by atoms with Crippen LogP contribution in [0.1, 0.15) is 5.56 Å². The van der Waals surface area contributed by atoms with Crippen LogP contribution >= 0.6 is 11.6 Å². The van der Waals surface area contributed by atoms with Gasteiger partial charge in [0.05, 0.1) is 22.8 Å². The summed E-state index contributed by atoms with van der Waals surface area (Å²) in [6, 6.07) is 16.8. The van der Waals surface area contributed by atoms with Gasteiger partial charge in [-0.2, -0.15) is 0 Å². The van der Waals surface area contributed by atoms with Crippen molar-refractivity contribution in [3.05, 3.63) is 94.7 Å². The summed E-state index contributed by atoms with van der Waals surface area (Å²) in [6.45, 7) is 7.64. The molecule has 0 atom stereocenters. The first-order chi connectivity index (χ1) is 14.5. The zero-order chi connectivity index (χ0) is 21.1. The Kier molecular flexibility index (Phi) is 5.38. The van der Waals surface area contributed by atoms with E-state index in [4.69, 9.17) is 28.6 Å². The molecule has 3 N–H and O–H groups in total. The number of benzene rings is 3. The summed E-state index contributed by atoms with van der Waals surface area (Å²) < 4.78 is 19.0. The number of pyridine rings is 1. The lowest BCUT2D eigenvalue weighted by Crippen LogP contribution is -1.98. The normalized spacial score (nSPS) is 10.6. The van der Waals surface area contributed by atoms with Crippen LogP contribution in [-0.2, 0) is 6.61 Å². The van der Waals surface area contributed by atoms with Gasteiger partial charge in [0.2, 0.25) is 5.69 Å². The Morgan fingerprint density at radius 2 is 2.00 bits per heavy atom. The zero-order valence-corrected chi connectivity index (χ0v) is 16.4. The number of hydrogen-bond acceptors (Lipinski definition) is 4. The third kappa shape index (κ3) is 4.12. The summed E-state index contributed by atoms with van der Waals surface area (Å²) in [5, 5.41) is 4.37. The van der Waals surface area contributed by atoms with Crippen LogP contribution in [0.5, 0.6) is 5.75 Å². The second-order valence-corrected chi connectivity index (χ2v) is 7.00. The molecular weight excluding hydrogens is 403 g/mol. The van der Waals surface area contributed by atoms with Crippen LogP contribution in [0.3, 0.4) is 0 Å². The maximum atomic E-state index is 13.3. The summed E-state index contributed by atoms with van der Waals surface area (Å²) in [5.41, 5.74) is 9.58. The molecule has 5 nitrogen and oxygen atoms in total. The number of nitrogens with one attached hydrogen (secondary N) is 1. The monoisotopic (exact) mass is 418 g/mol. The average Bonchev–Trinajstić information content (AvgIpc) is 2.73. The van der Waals surface area contributed by atoms with Crippen molar-refractivity contribution in [2.75, 3.05) is 11.1 Å². The smallest absolute Gasteiger partial charge is 0.228 e. The summed E-state index contributed by atoms with van der Waals surface area (Å²) >= 11 is 6.38. The van der Waals surface area contributed by atoms with Gasteiger partial charge >= 0.3 is 0 Å². The predicted molar refractivity (Wildman–Crippen MR) is 118 cm³/mol. The van der Waals surface area contributed by atoms with Crippen molar-refractivity contribution in [3.8, 4) is 5.75 Å². The SMILES string of the molecule is [C-]#[N+]c1cnc2ccc(N)cc2c1Nc1ccc(OCc2cccc(F)c2)c(Cl)c1. The van der Waals surface area contributed by atoms with E-state index in [1.165, 1.54) is 18.3 Å². The van der Waals surface area contributed by atoms with Crippen LogP contribution in [-0.4, -0.2) is 4.98 Å². The van der Waals surface area contributed by atoms with Crippen LogP contribution in [0.25, 0.3) is 15.7 Å². The van der Waals surface area contributed by atoms with E-state index in [1.807, 2.05) is 0 Å². The Morgan fingerprint density at radius 3 is 2.77 bits per heavy atom.